The Bertz CT molecular complexity index is 1010. The Hall–Kier alpha value is -3.28. The first-order valence-corrected chi connectivity index (χ1v) is 11.7. The number of hydrogen-bond acceptors (Lipinski definition) is 5. The number of carboxylic acids is 1. The minimum atomic E-state index is -1.08. The first-order valence-electron chi connectivity index (χ1n) is 11.7. The molecule has 0 radical (unpaired) electrons. The van der Waals surface area contributed by atoms with E-state index >= 15 is 0 Å². The lowest BCUT2D eigenvalue weighted by Crippen LogP contribution is -2.11. The van der Waals surface area contributed by atoms with Crippen molar-refractivity contribution in [2.45, 2.75) is 71.2 Å². The Morgan fingerprint density at radius 2 is 1.26 bits per heavy atom. The van der Waals surface area contributed by atoms with Crippen LogP contribution in [0.4, 0.5) is 0 Å². The summed E-state index contributed by atoms with van der Waals surface area (Å²) in [5.41, 5.74) is 1.35. The maximum Gasteiger partial charge on any atom is 0.328 e. The van der Waals surface area contributed by atoms with Gasteiger partial charge < -0.3 is 19.3 Å². The number of ketones is 1. The molecule has 0 bridgehead atoms. The number of aliphatic carboxylic acids is 1. The molecule has 0 unspecified atom stereocenters. The van der Waals surface area contributed by atoms with Gasteiger partial charge in [0.2, 0.25) is 0 Å². The molecule has 2 aromatic carbocycles. The molecule has 0 aliphatic heterocycles. The maximum absolute atomic E-state index is 13.5. The molecule has 6 heteroatoms. The maximum atomic E-state index is 13.5. The summed E-state index contributed by atoms with van der Waals surface area (Å²) in [6.45, 7) is 13.8. The summed E-state index contributed by atoms with van der Waals surface area (Å²) in [5, 5.41) is 9.06. The van der Waals surface area contributed by atoms with Crippen LogP contribution in [0, 0.1) is 17.8 Å². The minimum Gasteiger partial charge on any atom is -0.493 e. The highest BCUT2D eigenvalue weighted by Crippen LogP contribution is 2.30. The molecule has 0 aliphatic rings. The van der Waals surface area contributed by atoms with Crippen LogP contribution >= 0.6 is 0 Å². The molecule has 6 nitrogen and oxygen atoms in total. The second-order valence-electron chi connectivity index (χ2n) is 9.53. The van der Waals surface area contributed by atoms with E-state index in [0.29, 0.717) is 65.6 Å². The van der Waals surface area contributed by atoms with Gasteiger partial charge in [-0.25, -0.2) is 4.79 Å². The quantitative estimate of drug-likeness (QED) is 0.205. The van der Waals surface area contributed by atoms with E-state index in [9.17, 15) is 9.59 Å². The van der Waals surface area contributed by atoms with Gasteiger partial charge in [0.25, 0.3) is 0 Å². The smallest absolute Gasteiger partial charge is 0.328 e. The van der Waals surface area contributed by atoms with E-state index in [2.05, 4.69) is 13.8 Å². The molecular formula is C32H52O6. The number of rotatable bonds is 13. The molecular weight excluding hydrogens is 480 g/mol. The molecule has 0 amide bonds. The number of hydrogen-bond donors (Lipinski definition) is 1. The van der Waals surface area contributed by atoms with Gasteiger partial charge in [-0.3, -0.25) is 4.79 Å². The number of ether oxygens (including phenoxy) is 3. The highest BCUT2D eigenvalue weighted by molar-refractivity contribution is 6.11. The van der Waals surface area contributed by atoms with E-state index in [1.807, 2.05) is 27.7 Å². The highest BCUT2D eigenvalue weighted by Gasteiger charge is 2.18. The van der Waals surface area contributed by atoms with Crippen molar-refractivity contribution in [1.29, 1.82) is 0 Å². The Morgan fingerprint density at radius 1 is 0.737 bits per heavy atom. The lowest BCUT2D eigenvalue weighted by atomic mass is 9.99. The van der Waals surface area contributed by atoms with Crippen LogP contribution in [0.3, 0.4) is 0 Å². The van der Waals surface area contributed by atoms with Crippen molar-refractivity contribution < 1.29 is 28.9 Å². The number of benzene rings is 2. The summed E-state index contributed by atoms with van der Waals surface area (Å²) >= 11 is 0. The summed E-state index contributed by atoms with van der Waals surface area (Å²) < 4.78 is 17.6. The van der Waals surface area contributed by atoms with E-state index in [-0.39, 0.29) is 41.4 Å². The fourth-order valence-corrected chi connectivity index (χ4v) is 2.94. The van der Waals surface area contributed by atoms with Crippen LogP contribution in [0.25, 0.3) is 6.08 Å². The fourth-order valence-electron chi connectivity index (χ4n) is 2.94. The first kappa shape index (κ1) is 39.2. The molecule has 0 saturated heterocycles. The number of carbonyl (C=O) groups is 2. The Morgan fingerprint density at radius 3 is 1.79 bits per heavy atom. The van der Waals surface area contributed by atoms with Crippen LogP contribution in [0.15, 0.2) is 42.5 Å². The molecule has 0 saturated carbocycles. The van der Waals surface area contributed by atoms with Crippen molar-refractivity contribution >= 4 is 17.8 Å². The van der Waals surface area contributed by atoms with Gasteiger partial charge in [0.15, 0.2) is 5.78 Å². The van der Waals surface area contributed by atoms with Gasteiger partial charge in [0.1, 0.15) is 17.2 Å². The van der Waals surface area contributed by atoms with Crippen LogP contribution in [-0.4, -0.2) is 36.7 Å². The number of carbonyl (C=O) groups excluding carboxylic acids is 1. The van der Waals surface area contributed by atoms with Gasteiger partial charge in [-0.2, -0.15) is 0 Å². The standard InChI is InChI=1S/C28H36O6.4CH4/c1-18(2)15-32-23-9-10-24(26(14-23)34-17-20(5)6)28(31)22-7-11-25(33-16-19(3)4)21(13-22)8-12-27(29)30;;;;/h7-14,18-20H,15-17H2,1-6H3,(H,29,30);4*1H4/b12-8+;;;;. The lowest BCUT2D eigenvalue weighted by molar-refractivity contribution is -0.131. The Labute approximate surface area is 232 Å². The molecule has 0 fully saturated rings. The third kappa shape index (κ3) is 12.8. The van der Waals surface area contributed by atoms with Crippen molar-refractivity contribution in [2.75, 3.05) is 19.8 Å². The van der Waals surface area contributed by atoms with Crippen LogP contribution in [0.5, 0.6) is 17.2 Å². The van der Waals surface area contributed by atoms with Crippen molar-refractivity contribution in [3.8, 4) is 17.2 Å². The molecule has 0 aliphatic carbocycles. The first-order chi connectivity index (χ1) is 16.1. The second-order valence-corrected chi connectivity index (χ2v) is 9.53. The molecule has 0 aromatic heterocycles. The van der Waals surface area contributed by atoms with Crippen LogP contribution in [0.1, 0.15) is 92.7 Å². The molecule has 2 rings (SSSR count). The van der Waals surface area contributed by atoms with E-state index < -0.39 is 5.97 Å². The third-order valence-electron chi connectivity index (χ3n) is 4.60. The van der Waals surface area contributed by atoms with E-state index in [1.165, 1.54) is 6.08 Å². The van der Waals surface area contributed by atoms with E-state index in [4.69, 9.17) is 19.3 Å². The van der Waals surface area contributed by atoms with Crippen LogP contribution < -0.4 is 14.2 Å². The molecule has 0 spiro atoms. The normalized spacial score (nSPS) is 10.2. The lowest BCUT2D eigenvalue weighted by Gasteiger charge is -2.16. The zero-order chi connectivity index (χ0) is 25.3. The molecule has 1 N–H and O–H groups in total. The van der Waals surface area contributed by atoms with Crippen LogP contribution in [-0.2, 0) is 4.79 Å². The van der Waals surface area contributed by atoms with Crippen molar-refractivity contribution in [1.82, 2.24) is 0 Å². The second kappa shape index (κ2) is 18.9. The van der Waals surface area contributed by atoms with Crippen molar-refractivity contribution in [3.05, 3.63) is 59.2 Å². The average Bonchev–Trinajstić information content (AvgIpc) is 2.78. The van der Waals surface area contributed by atoms with Gasteiger partial charge in [0, 0.05) is 23.3 Å². The van der Waals surface area contributed by atoms with Crippen LogP contribution in [0.2, 0.25) is 0 Å². The summed E-state index contributed by atoms with van der Waals surface area (Å²) in [6, 6.07) is 10.3. The third-order valence-corrected chi connectivity index (χ3v) is 4.60. The van der Waals surface area contributed by atoms with Gasteiger partial charge >= 0.3 is 5.97 Å². The van der Waals surface area contributed by atoms with Crippen molar-refractivity contribution in [2.24, 2.45) is 17.8 Å². The minimum absolute atomic E-state index is 0. The summed E-state index contributed by atoms with van der Waals surface area (Å²) in [4.78, 5) is 24.5. The topological polar surface area (TPSA) is 82.1 Å². The molecule has 38 heavy (non-hydrogen) atoms. The van der Waals surface area contributed by atoms with Gasteiger partial charge in [-0.05, 0) is 54.2 Å². The molecule has 0 heterocycles. The summed E-state index contributed by atoms with van der Waals surface area (Å²) in [6.07, 6.45) is 2.47. The molecule has 0 atom stereocenters. The molecule has 2 aromatic rings. The zero-order valence-corrected chi connectivity index (χ0v) is 21.0. The predicted molar refractivity (Wildman–Crippen MR) is 161 cm³/mol. The zero-order valence-electron chi connectivity index (χ0n) is 21.0. The number of carboxylic acid groups (broad SMARTS) is 1. The molecule has 216 valence electrons. The average molecular weight is 533 g/mol. The SMILES string of the molecule is C.C.C.C.CC(C)COc1ccc(C(=O)c2ccc(OCC(C)C)c(/C=C/C(=O)O)c2)c(OCC(C)C)c1. The summed E-state index contributed by atoms with van der Waals surface area (Å²) in [7, 11) is 0. The fraction of sp³-hybridized carbons (Fsp3) is 0.500. The van der Waals surface area contributed by atoms with Gasteiger partial charge in [0.05, 0.1) is 25.4 Å². The van der Waals surface area contributed by atoms with E-state index in [1.54, 1.807) is 36.4 Å². The Kier molecular flexibility index (Phi) is 19.5. The highest BCUT2D eigenvalue weighted by atomic mass is 16.5. The monoisotopic (exact) mass is 532 g/mol. The largest absolute Gasteiger partial charge is 0.493 e. The van der Waals surface area contributed by atoms with Crippen molar-refractivity contribution in [3.63, 3.8) is 0 Å². The summed E-state index contributed by atoms with van der Waals surface area (Å²) in [5.74, 6) is 1.28. The Balaban J connectivity index is -0.00000306. The predicted octanol–water partition coefficient (Wildman–Crippen LogP) is 8.66. The van der Waals surface area contributed by atoms with E-state index in [0.717, 1.165) is 6.08 Å². The van der Waals surface area contributed by atoms with Gasteiger partial charge in [-0.15, -0.1) is 0 Å². The van der Waals surface area contributed by atoms with Gasteiger partial charge in [-0.1, -0.05) is 71.2 Å².